The Kier molecular flexibility index (Phi) is 4.53. The first-order valence-electron chi connectivity index (χ1n) is 9.17. The minimum Gasteiger partial charge on any atom is -0.423 e. The molecule has 0 fully saturated rings. The lowest BCUT2D eigenvalue weighted by atomic mass is 10.0. The lowest BCUT2D eigenvalue weighted by molar-refractivity contribution is 0.556. The molecule has 0 bridgehead atoms. The molecule has 2 N–H and O–H groups in total. The molecule has 0 atom stereocenters. The first kappa shape index (κ1) is 17.5. The molecule has 1 aliphatic rings. The van der Waals surface area contributed by atoms with Gasteiger partial charge in [0, 0.05) is 42.8 Å². The van der Waals surface area contributed by atoms with Gasteiger partial charge in [-0.1, -0.05) is 0 Å². The van der Waals surface area contributed by atoms with Gasteiger partial charge in [0.05, 0.1) is 0 Å². The number of benzene rings is 1. The van der Waals surface area contributed by atoms with Crippen LogP contribution in [0.1, 0.15) is 35.6 Å². The van der Waals surface area contributed by atoms with Crippen LogP contribution < -0.4 is 22.2 Å². The molecule has 0 aliphatic heterocycles. The van der Waals surface area contributed by atoms with Crippen LogP contribution in [0.15, 0.2) is 43.2 Å². The third kappa shape index (κ3) is 3.38. The lowest BCUT2D eigenvalue weighted by Crippen LogP contribution is -2.33. The van der Waals surface area contributed by atoms with Crippen LogP contribution >= 0.6 is 0 Å². The van der Waals surface area contributed by atoms with Crippen molar-refractivity contribution in [2.45, 2.75) is 45.8 Å². The summed E-state index contributed by atoms with van der Waals surface area (Å²) in [7, 11) is 0. The molecule has 1 aromatic carbocycles. The molecule has 2 heterocycles. The number of aryl methyl sites for hydroxylation is 3. The Hall–Kier alpha value is -2.93. The second-order valence-corrected chi connectivity index (χ2v) is 6.86. The van der Waals surface area contributed by atoms with E-state index in [0.717, 1.165) is 30.2 Å². The third-order valence-electron chi connectivity index (χ3n) is 5.10. The second-order valence-electron chi connectivity index (χ2n) is 6.86. The van der Waals surface area contributed by atoms with Gasteiger partial charge in [-0.3, -0.25) is 9.78 Å². The summed E-state index contributed by atoms with van der Waals surface area (Å²) in [5, 5.41) is 4.13. The van der Waals surface area contributed by atoms with Crippen molar-refractivity contribution >= 4 is 11.0 Å². The summed E-state index contributed by atoms with van der Waals surface area (Å²) in [6.45, 7) is 3.04. The summed E-state index contributed by atoms with van der Waals surface area (Å²) in [5.41, 5.74) is 3.31. The maximum atomic E-state index is 12.0. The molecule has 0 unspecified atom stereocenters. The molecule has 7 heteroatoms. The van der Waals surface area contributed by atoms with E-state index in [1.165, 1.54) is 21.8 Å². The van der Waals surface area contributed by atoms with Crippen molar-refractivity contribution in [2.75, 3.05) is 0 Å². The molecule has 2 aromatic heterocycles. The van der Waals surface area contributed by atoms with Crippen molar-refractivity contribution in [1.82, 2.24) is 14.9 Å². The van der Waals surface area contributed by atoms with Gasteiger partial charge < -0.3 is 14.3 Å². The Morgan fingerprint density at radius 1 is 1.07 bits per heavy atom. The second kappa shape index (κ2) is 7.00. The number of fused-ring (bicyclic) bond motifs is 2. The monoisotopic (exact) mass is 367 g/mol. The maximum Gasteiger partial charge on any atom is 0.336 e. The molecule has 0 saturated carbocycles. The maximum absolute atomic E-state index is 12.0. The normalized spacial score (nSPS) is 13.2. The van der Waals surface area contributed by atoms with Gasteiger partial charge in [-0.15, -0.1) is 0 Å². The number of hydrogen-bond donors (Lipinski definition) is 2. The summed E-state index contributed by atoms with van der Waals surface area (Å²) < 4.78 is 6.83. The van der Waals surface area contributed by atoms with Crippen molar-refractivity contribution in [3.05, 3.63) is 77.9 Å². The molecule has 140 valence electrons. The number of hydrogen-bond acceptors (Lipinski definition) is 5. The average molecular weight is 367 g/mol. The molecule has 0 radical (unpaired) electrons. The standard InChI is InChI=1S/C20H21N3O4/c1-2-23-11-15(19(25)22-20(23)26)10-21-9-14-8-18(24)27-17-7-13-5-3-4-12(13)6-16(14)17/h6-8,11,21H,2-5,9-10H2,1H3,(H,22,25,26). The Bertz CT molecular complexity index is 1190. The zero-order valence-electron chi connectivity index (χ0n) is 15.1. The van der Waals surface area contributed by atoms with Crippen molar-refractivity contribution in [1.29, 1.82) is 0 Å². The van der Waals surface area contributed by atoms with Crippen molar-refractivity contribution in [3.63, 3.8) is 0 Å². The quantitative estimate of drug-likeness (QED) is 0.665. The third-order valence-corrected chi connectivity index (χ3v) is 5.10. The molecule has 7 nitrogen and oxygen atoms in total. The summed E-state index contributed by atoms with van der Waals surface area (Å²) in [6, 6.07) is 5.58. The van der Waals surface area contributed by atoms with Crippen molar-refractivity contribution < 1.29 is 4.42 Å². The highest BCUT2D eigenvalue weighted by Crippen LogP contribution is 2.28. The Morgan fingerprint density at radius 2 is 1.81 bits per heavy atom. The molecule has 4 rings (SSSR count). The Balaban J connectivity index is 1.60. The van der Waals surface area contributed by atoms with E-state index in [1.54, 1.807) is 6.20 Å². The molecule has 27 heavy (non-hydrogen) atoms. The van der Waals surface area contributed by atoms with Crippen LogP contribution in [0.25, 0.3) is 11.0 Å². The van der Waals surface area contributed by atoms with E-state index in [0.29, 0.717) is 30.8 Å². The predicted molar refractivity (Wildman–Crippen MR) is 102 cm³/mol. The van der Waals surface area contributed by atoms with Gasteiger partial charge in [0.25, 0.3) is 5.56 Å². The largest absolute Gasteiger partial charge is 0.423 e. The van der Waals surface area contributed by atoms with E-state index in [1.807, 2.05) is 13.0 Å². The number of rotatable bonds is 5. The van der Waals surface area contributed by atoms with E-state index < -0.39 is 11.2 Å². The van der Waals surface area contributed by atoms with Gasteiger partial charge in [-0.25, -0.2) is 9.59 Å². The van der Waals surface area contributed by atoms with E-state index in [-0.39, 0.29) is 5.63 Å². The van der Waals surface area contributed by atoms with Crippen LogP contribution in [0.2, 0.25) is 0 Å². The number of H-pyrrole nitrogens is 1. The highest BCUT2D eigenvalue weighted by Gasteiger charge is 2.15. The number of nitrogens with zero attached hydrogens (tertiary/aromatic N) is 1. The van der Waals surface area contributed by atoms with Crippen LogP contribution in [-0.2, 0) is 32.5 Å². The van der Waals surface area contributed by atoms with Crippen molar-refractivity contribution in [2.24, 2.45) is 0 Å². The minimum atomic E-state index is -0.410. The first-order valence-corrected chi connectivity index (χ1v) is 9.17. The summed E-state index contributed by atoms with van der Waals surface area (Å²) in [6.07, 6.45) is 4.76. The number of aromatic nitrogens is 2. The van der Waals surface area contributed by atoms with Gasteiger partial charge in [-0.05, 0) is 55.0 Å². The summed E-state index contributed by atoms with van der Waals surface area (Å²) in [5.74, 6) is 0. The number of nitrogens with one attached hydrogen (secondary N) is 2. The van der Waals surface area contributed by atoms with Crippen LogP contribution in [0.4, 0.5) is 0 Å². The van der Waals surface area contributed by atoms with Crippen LogP contribution in [0, 0.1) is 0 Å². The summed E-state index contributed by atoms with van der Waals surface area (Å²) >= 11 is 0. The smallest absolute Gasteiger partial charge is 0.336 e. The van der Waals surface area contributed by atoms with Gasteiger partial charge in [-0.2, -0.15) is 0 Å². The number of aromatic amines is 1. The van der Waals surface area contributed by atoms with E-state index in [2.05, 4.69) is 16.4 Å². The molecule has 0 saturated heterocycles. The highest BCUT2D eigenvalue weighted by molar-refractivity contribution is 5.82. The molecule has 3 aromatic rings. The fraction of sp³-hybridized carbons (Fsp3) is 0.350. The topological polar surface area (TPSA) is 97.1 Å². The van der Waals surface area contributed by atoms with E-state index in [4.69, 9.17) is 4.42 Å². The van der Waals surface area contributed by atoms with Crippen molar-refractivity contribution in [3.8, 4) is 0 Å². The lowest BCUT2D eigenvalue weighted by Gasteiger charge is -2.10. The zero-order chi connectivity index (χ0) is 19.0. The predicted octanol–water partition coefficient (Wildman–Crippen LogP) is 1.44. The van der Waals surface area contributed by atoms with Gasteiger partial charge in [0.1, 0.15) is 5.58 Å². The summed E-state index contributed by atoms with van der Waals surface area (Å²) in [4.78, 5) is 37.9. The SMILES string of the molecule is CCn1cc(CNCc2cc(=O)oc3cc4c(cc23)CCC4)c(=O)[nH]c1=O. The van der Waals surface area contributed by atoms with Crippen LogP contribution in [0.5, 0.6) is 0 Å². The molecular weight excluding hydrogens is 346 g/mol. The van der Waals surface area contributed by atoms with Crippen LogP contribution in [0.3, 0.4) is 0 Å². The molecule has 1 aliphatic carbocycles. The first-order chi connectivity index (χ1) is 13.0. The molecule has 0 spiro atoms. The van der Waals surface area contributed by atoms with Gasteiger partial charge in [0.15, 0.2) is 0 Å². The average Bonchev–Trinajstić information content (AvgIpc) is 3.09. The van der Waals surface area contributed by atoms with Crippen LogP contribution in [-0.4, -0.2) is 9.55 Å². The van der Waals surface area contributed by atoms with E-state index >= 15 is 0 Å². The Labute approximate surface area is 154 Å². The Morgan fingerprint density at radius 3 is 2.59 bits per heavy atom. The zero-order valence-corrected chi connectivity index (χ0v) is 15.1. The van der Waals surface area contributed by atoms with Gasteiger partial charge >= 0.3 is 11.3 Å². The van der Waals surface area contributed by atoms with E-state index in [9.17, 15) is 14.4 Å². The fourth-order valence-corrected chi connectivity index (χ4v) is 3.69. The van der Waals surface area contributed by atoms with Gasteiger partial charge in [0.2, 0.25) is 0 Å². The molecular formula is C20H21N3O4. The highest BCUT2D eigenvalue weighted by atomic mass is 16.4. The fourth-order valence-electron chi connectivity index (χ4n) is 3.69. The minimum absolute atomic E-state index is 0.294. The molecule has 0 amide bonds.